The van der Waals surface area contributed by atoms with Gasteiger partial charge < -0.3 is 19.8 Å². The second-order valence-electron chi connectivity index (χ2n) is 12.4. The Morgan fingerprint density at radius 2 is 1.78 bits per heavy atom. The summed E-state index contributed by atoms with van der Waals surface area (Å²) in [5.74, 6) is -1.41. The molecule has 240 valence electrons. The third kappa shape index (κ3) is 6.34. The molecule has 3 fully saturated rings. The topological polar surface area (TPSA) is 81.2 Å². The molecule has 2 unspecified atom stereocenters. The quantitative estimate of drug-likeness (QED) is 0.188. The van der Waals surface area contributed by atoms with Gasteiger partial charge in [0.1, 0.15) is 6.04 Å². The Hall–Kier alpha value is -3.07. The highest BCUT2D eigenvalue weighted by molar-refractivity contribution is 8.02. The molecule has 3 aliphatic heterocycles. The number of aliphatic hydroxyl groups excluding tert-OH is 1. The third-order valence-electron chi connectivity index (χ3n) is 9.54. The molecule has 2 aromatic rings. The van der Waals surface area contributed by atoms with Crippen molar-refractivity contribution in [2.75, 3.05) is 31.1 Å². The number of hydrogen-bond donors (Lipinski definition) is 1. The zero-order chi connectivity index (χ0) is 32.1. The van der Waals surface area contributed by atoms with E-state index < -0.39 is 22.6 Å². The number of nitrogens with zero attached hydrogens (tertiary/aromatic N) is 3. The fourth-order valence-electron chi connectivity index (χ4n) is 7.64. The molecule has 2 aromatic carbocycles. The number of thioether (sulfide) groups is 1. The molecule has 9 heteroatoms. The second-order valence-corrected chi connectivity index (χ2v) is 14.4. The van der Waals surface area contributed by atoms with Crippen LogP contribution in [0.3, 0.4) is 0 Å². The van der Waals surface area contributed by atoms with Crippen LogP contribution in [0.2, 0.25) is 5.02 Å². The number of benzene rings is 2. The summed E-state index contributed by atoms with van der Waals surface area (Å²) < 4.78 is -0.703. The minimum absolute atomic E-state index is 0.0357. The number of carbonyl (C=O) groups is 3. The number of aliphatic hydroxyl groups is 1. The van der Waals surface area contributed by atoms with Crippen molar-refractivity contribution < 1.29 is 19.5 Å². The number of fused-ring (bicyclic) bond motifs is 1. The van der Waals surface area contributed by atoms with Crippen molar-refractivity contribution in [3.63, 3.8) is 0 Å². The number of unbranched alkanes of at least 4 members (excludes halogenated alkanes) is 3. The van der Waals surface area contributed by atoms with E-state index in [9.17, 15) is 19.5 Å². The Labute approximate surface area is 276 Å². The molecule has 0 saturated carbocycles. The Balaban J connectivity index is 1.52. The zero-order valence-electron chi connectivity index (χ0n) is 26.1. The maximum absolute atomic E-state index is 14.9. The lowest BCUT2D eigenvalue weighted by atomic mass is 9.70. The summed E-state index contributed by atoms with van der Waals surface area (Å²) in [5, 5.41) is 9.69. The van der Waals surface area contributed by atoms with Gasteiger partial charge in [-0.05, 0) is 49.8 Å². The summed E-state index contributed by atoms with van der Waals surface area (Å²) in [6.07, 6.45) is 8.00. The number of rotatable bonds is 15. The first-order chi connectivity index (χ1) is 21.8. The van der Waals surface area contributed by atoms with Crippen LogP contribution in [0.4, 0.5) is 5.69 Å². The summed E-state index contributed by atoms with van der Waals surface area (Å²) in [4.78, 5) is 49.1. The fourth-order valence-corrected chi connectivity index (χ4v) is 10.2. The Morgan fingerprint density at radius 1 is 1.04 bits per heavy atom. The monoisotopic (exact) mass is 649 g/mol. The van der Waals surface area contributed by atoms with Crippen molar-refractivity contribution in [1.29, 1.82) is 0 Å². The minimum Gasteiger partial charge on any atom is -0.396 e. The van der Waals surface area contributed by atoms with E-state index in [0.29, 0.717) is 49.6 Å². The summed E-state index contributed by atoms with van der Waals surface area (Å²) in [7, 11) is 0. The maximum atomic E-state index is 14.9. The van der Waals surface area contributed by atoms with Crippen LogP contribution in [0.15, 0.2) is 73.8 Å². The lowest BCUT2D eigenvalue weighted by Crippen LogP contribution is -2.55. The molecule has 3 aliphatic rings. The van der Waals surface area contributed by atoms with Gasteiger partial charge in [0.15, 0.2) is 0 Å². The van der Waals surface area contributed by atoms with E-state index >= 15 is 0 Å². The second kappa shape index (κ2) is 14.6. The number of para-hydroxylation sites is 1. The predicted molar refractivity (Wildman–Crippen MR) is 182 cm³/mol. The van der Waals surface area contributed by atoms with Gasteiger partial charge in [0.05, 0.1) is 27.3 Å². The molecule has 1 N–H and O–H groups in total. The number of amides is 3. The van der Waals surface area contributed by atoms with Crippen LogP contribution in [0, 0.1) is 18.8 Å². The smallest absolute Gasteiger partial charge is 0.251 e. The molecule has 2 bridgehead atoms. The molecule has 1 spiro atoms. The average Bonchev–Trinajstić information content (AvgIpc) is 3.67. The van der Waals surface area contributed by atoms with Gasteiger partial charge in [0, 0.05) is 38.0 Å². The van der Waals surface area contributed by atoms with Crippen molar-refractivity contribution in [2.45, 2.75) is 68.0 Å². The molecular weight excluding hydrogens is 606 g/mol. The first-order valence-electron chi connectivity index (χ1n) is 16.0. The van der Waals surface area contributed by atoms with E-state index in [2.05, 4.69) is 13.2 Å². The summed E-state index contributed by atoms with van der Waals surface area (Å²) >= 11 is 8.38. The molecule has 0 aromatic heterocycles. The van der Waals surface area contributed by atoms with Crippen LogP contribution in [-0.4, -0.2) is 74.9 Å². The highest BCUT2D eigenvalue weighted by Gasteiger charge is 2.74. The van der Waals surface area contributed by atoms with Crippen molar-refractivity contribution in [1.82, 2.24) is 9.80 Å². The van der Waals surface area contributed by atoms with E-state index in [1.165, 1.54) is 0 Å². The first kappa shape index (κ1) is 33.3. The van der Waals surface area contributed by atoms with Gasteiger partial charge >= 0.3 is 0 Å². The van der Waals surface area contributed by atoms with E-state index in [1.807, 2.05) is 49.4 Å². The van der Waals surface area contributed by atoms with Gasteiger partial charge in [-0.25, -0.2) is 0 Å². The van der Waals surface area contributed by atoms with E-state index in [-0.39, 0.29) is 36.1 Å². The van der Waals surface area contributed by atoms with Crippen LogP contribution >= 0.6 is 23.4 Å². The van der Waals surface area contributed by atoms with Crippen LogP contribution < -0.4 is 4.90 Å². The number of likely N-dealkylation sites (tertiary alicyclic amines) is 1. The van der Waals surface area contributed by atoms with Gasteiger partial charge in [-0.15, -0.1) is 24.9 Å². The van der Waals surface area contributed by atoms with Crippen molar-refractivity contribution in [3.05, 3.63) is 90.0 Å². The molecule has 45 heavy (non-hydrogen) atoms. The predicted octanol–water partition coefficient (Wildman–Crippen LogP) is 6.03. The SMILES string of the molecule is C=CCN(Cc1ccccc1)C(=O)[C@@H]1[C@H]2C(=O)N(CCCCCCO)C(C(=O)N(CC=C)c3c(C)cccc3Cl)C23CC[C@H]1S3. The lowest BCUT2D eigenvalue weighted by Gasteiger charge is -2.38. The molecule has 0 radical (unpaired) electrons. The first-order valence-corrected chi connectivity index (χ1v) is 17.2. The highest BCUT2D eigenvalue weighted by atomic mass is 35.5. The Morgan fingerprint density at radius 3 is 2.47 bits per heavy atom. The highest BCUT2D eigenvalue weighted by Crippen LogP contribution is 2.67. The van der Waals surface area contributed by atoms with Gasteiger partial charge in [-0.2, -0.15) is 0 Å². The number of aryl methyl sites for hydroxylation is 1. The molecule has 3 saturated heterocycles. The van der Waals surface area contributed by atoms with Gasteiger partial charge in [-0.1, -0.05) is 79.1 Å². The lowest BCUT2D eigenvalue weighted by molar-refractivity contribution is -0.144. The number of hydrogen-bond acceptors (Lipinski definition) is 5. The van der Waals surface area contributed by atoms with E-state index in [1.54, 1.807) is 44.7 Å². The average molecular weight is 650 g/mol. The summed E-state index contributed by atoms with van der Waals surface area (Å²) in [5.41, 5.74) is 2.51. The summed E-state index contributed by atoms with van der Waals surface area (Å²) in [6.45, 7) is 11.4. The number of anilines is 1. The van der Waals surface area contributed by atoms with Crippen LogP contribution in [0.25, 0.3) is 0 Å². The maximum Gasteiger partial charge on any atom is 0.251 e. The number of carbonyl (C=O) groups excluding carboxylic acids is 3. The molecule has 3 amide bonds. The van der Waals surface area contributed by atoms with Gasteiger partial charge in [0.25, 0.3) is 5.91 Å². The van der Waals surface area contributed by atoms with Crippen LogP contribution in [0.5, 0.6) is 0 Å². The molecule has 3 heterocycles. The van der Waals surface area contributed by atoms with Crippen LogP contribution in [-0.2, 0) is 20.9 Å². The molecule has 0 aliphatic carbocycles. The zero-order valence-corrected chi connectivity index (χ0v) is 27.6. The molecular formula is C36H44ClN3O4S. The van der Waals surface area contributed by atoms with Crippen LogP contribution in [0.1, 0.15) is 49.7 Å². The Kier molecular flexibility index (Phi) is 10.8. The normalized spacial score (nSPS) is 24.9. The van der Waals surface area contributed by atoms with E-state index in [0.717, 1.165) is 30.4 Å². The van der Waals surface area contributed by atoms with E-state index in [4.69, 9.17) is 11.6 Å². The minimum atomic E-state index is -0.724. The largest absolute Gasteiger partial charge is 0.396 e. The molecule has 7 nitrogen and oxygen atoms in total. The molecule has 5 atom stereocenters. The Bertz CT molecular complexity index is 1400. The number of halogens is 1. The third-order valence-corrected chi connectivity index (χ3v) is 11.8. The standard InChI is InChI=1S/C36H44ClN3O4S/c1-4-20-38(24-26-15-9-8-10-16-26)33(42)29-28-18-19-36(45-28)30(29)34(43)40(22-11-6-7-12-23-41)32(36)35(44)39(21-5-2)31-25(3)14-13-17-27(31)37/h4-5,8-10,13-17,28-30,32,41H,1-2,6-7,11-12,18-24H2,3H3/t28-,29+,30+,32?,36?/m1/s1. The molecule has 5 rings (SSSR count). The van der Waals surface area contributed by atoms with Crippen molar-refractivity contribution >= 4 is 46.8 Å². The van der Waals surface area contributed by atoms with Gasteiger partial charge in [0.2, 0.25) is 11.8 Å². The van der Waals surface area contributed by atoms with Crippen molar-refractivity contribution in [2.24, 2.45) is 11.8 Å². The summed E-state index contributed by atoms with van der Waals surface area (Å²) in [6, 6.07) is 14.7. The van der Waals surface area contributed by atoms with Gasteiger partial charge in [-0.3, -0.25) is 14.4 Å². The fraction of sp³-hybridized carbons (Fsp3) is 0.472. The van der Waals surface area contributed by atoms with Crippen molar-refractivity contribution in [3.8, 4) is 0 Å².